The third-order valence-corrected chi connectivity index (χ3v) is 5.96. The van der Waals surface area contributed by atoms with Gasteiger partial charge in [-0.25, -0.2) is 0 Å². The van der Waals surface area contributed by atoms with Crippen molar-refractivity contribution in [2.45, 2.75) is 51.2 Å². The van der Waals surface area contributed by atoms with Crippen molar-refractivity contribution < 1.29 is 5.11 Å². The standard InChI is InChI=1S/C16H25N3O/c17-9-15(20)14-1-2-18-19(14)10-16-6-11-3-12(7-16)5-13(4-11)8-16/h1-2,11-13,15,20H,3-10,17H2. The van der Waals surface area contributed by atoms with Crippen LogP contribution in [0, 0.1) is 23.2 Å². The smallest absolute Gasteiger partial charge is 0.108 e. The highest BCUT2D eigenvalue weighted by molar-refractivity contribution is 5.07. The van der Waals surface area contributed by atoms with Crippen LogP contribution in [0.2, 0.25) is 0 Å². The molecule has 1 aromatic rings. The van der Waals surface area contributed by atoms with Gasteiger partial charge in [0.2, 0.25) is 0 Å². The zero-order valence-corrected chi connectivity index (χ0v) is 12.0. The molecule has 1 aromatic heterocycles. The van der Waals surface area contributed by atoms with Crippen molar-refractivity contribution in [3.05, 3.63) is 18.0 Å². The number of aromatic nitrogens is 2. The molecule has 1 atom stereocenters. The molecule has 4 nitrogen and oxygen atoms in total. The molecule has 5 rings (SSSR count). The molecule has 0 spiro atoms. The van der Waals surface area contributed by atoms with Gasteiger partial charge in [-0.05, 0) is 67.8 Å². The fourth-order valence-electron chi connectivity index (χ4n) is 5.68. The summed E-state index contributed by atoms with van der Waals surface area (Å²) in [4.78, 5) is 0. The lowest BCUT2D eigenvalue weighted by Gasteiger charge is -2.56. The molecule has 3 N–H and O–H groups in total. The van der Waals surface area contributed by atoms with Gasteiger partial charge in [-0.3, -0.25) is 4.68 Å². The highest BCUT2D eigenvalue weighted by Gasteiger charge is 2.51. The molecule has 0 radical (unpaired) electrons. The second kappa shape index (κ2) is 4.57. The Morgan fingerprint density at radius 3 is 2.40 bits per heavy atom. The number of aliphatic hydroxyl groups excluding tert-OH is 1. The predicted molar refractivity (Wildman–Crippen MR) is 76.8 cm³/mol. The van der Waals surface area contributed by atoms with Gasteiger partial charge in [0.1, 0.15) is 6.10 Å². The van der Waals surface area contributed by atoms with Gasteiger partial charge in [-0.2, -0.15) is 5.10 Å². The first kappa shape index (κ1) is 12.8. The minimum atomic E-state index is -0.577. The van der Waals surface area contributed by atoms with Crippen molar-refractivity contribution in [3.63, 3.8) is 0 Å². The van der Waals surface area contributed by atoms with Crippen molar-refractivity contribution in [2.75, 3.05) is 6.54 Å². The largest absolute Gasteiger partial charge is 0.385 e. The Labute approximate surface area is 120 Å². The van der Waals surface area contributed by atoms with Crippen LogP contribution in [0.4, 0.5) is 0 Å². The average molecular weight is 275 g/mol. The second-order valence-electron chi connectivity index (χ2n) is 7.58. The van der Waals surface area contributed by atoms with E-state index in [0.29, 0.717) is 5.41 Å². The number of rotatable bonds is 4. The average Bonchev–Trinajstić information content (AvgIpc) is 2.83. The molecule has 4 heteroatoms. The summed E-state index contributed by atoms with van der Waals surface area (Å²) in [5.74, 6) is 2.87. The Hall–Kier alpha value is -0.870. The zero-order valence-electron chi connectivity index (χ0n) is 12.0. The summed E-state index contributed by atoms with van der Waals surface area (Å²) in [7, 11) is 0. The fourth-order valence-corrected chi connectivity index (χ4v) is 5.68. The Morgan fingerprint density at radius 1 is 1.25 bits per heavy atom. The lowest BCUT2D eigenvalue weighted by Crippen LogP contribution is -2.48. The number of aliphatic hydroxyl groups is 1. The molecule has 0 aromatic carbocycles. The van der Waals surface area contributed by atoms with E-state index in [0.717, 1.165) is 30.0 Å². The summed E-state index contributed by atoms with van der Waals surface area (Å²) < 4.78 is 2.03. The first-order valence-electron chi connectivity index (χ1n) is 8.07. The normalized spacial score (nSPS) is 40.2. The lowest BCUT2D eigenvalue weighted by molar-refractivity contribution is -0.0645. The van der Waals surface area contributed by atoms with Crippen molar-refractivity contribution in [1.29, 1.82) is 0 Å². The van der Waals surface area contributed by atoms with Crippen LogP contribution in [0.25, 0.3) is 0 Å². The van der Waals surface area contributed by atoms with Crippen molar-refractivity contribution in [2.24, 2.45) is 28.9 Å². The molecule has 4 aliphatic rings. The van der Waals surface area contributed by atoms with Gasteiger partial charge in [0, 0.05) is 19.3 Å². The Morgan fingerprint density at radius 2 is 1.85 bits per heavy atom. The van der Waals surface area contributed by atoms with Gasteiger partial charge >= 0.3 is 0 Å². The summed E-state index contributed by atoms with van der Waals surface area (Å²) >= 11 is 0. The minimum Gasteiger partial charge on any atom is -0.385 e. The van der Waals surface area contributed by atoms with Crippen LogP contribution in [-0.4, -0.2) is 21.4 Å². The van der Waals surface area contributed by atoms with E-state index in [4.69, 9.17) is 5.73 Å². The van der Waals surface area contributed by atoms with Crippen LogP contribution in [0.15, 0.2) is 12.3 Å². The van der Waals surface area contributed by atoms with Gasteiger partial charge in [0.05, 0.1) is 5.69 Å². The number of hydrogen-bond acceptors (Lipinski definition) is 3. The van der Waals surface area contributed by atoms with Crippen molar-refractivity contribution in [1.82, 2.24) is 9.78 Å². The number of nitrogens with two attached hydrogens (primary N) is 1. The van der Waals surface area contributed by atoms with E-state index in [1.165, 1.54) is 38.5 Å². The molecule has 1 heterocycles. The topological polar surface area (TPSA) is 64.1 Å². The van der Waals surface area contributed by atoms with Gasteiger partial charge in [0.25, 0.3) is 0 Å². The summed E-state index contributed by atoms with van der Waals surface area (Å²) in [5.41, 5.74) is 6.94. The van der Waals surface area contributed by atoms with E-state index < -0.39 is 6.10 Å². The quantitative estimate of drug-likeness (QED) is 0.884. The van der Waals surface area contributed by atoms with Crippen molar-refractivity contribution in [3.8, 4) is 0 Å². The van der Waals surface area contributed by atoms with E-state index in [9.17, 15) is 5.11 Å². The van der Waals surface area contributed by atoms with Gasteiger partial charge in [-0.1, -0.05) is 0 Å². The highest BCUT2D eigenvalue weighted by atomic mass is 16.3. The fraction of sp³-hybridized carbons (Fsp3) is 0.812. The lowest BCUT2D eigenvalue weighted by atomic mass is 9.49. The molecule has 4 aliphatic carbocycles. The van der Waals surface area contributed by atoms with Crippen LogP contribution in [0.3, 0.4) is 0 Å². The Bertz CT molecular complexity index is 460. The number of nitrogens with zero attached hydrogens (tertiary/aromatic N) is 2. The molecule has 0 saturated heterocycles. The molecule has 0 amide bonds. The van der Waals surface area contributed by atoms with E-state index in [2.05, 4.69) is 5.10 Å². The van der Waals surface area contributed by atoms with Crippen LogP contribution >= 0.6 is 0 Å². The molecular formula is C16H25N3O. The van der Waals surface area contributed by atoms with Crippen LogP contribution in [0.5, 0.6) is 0 Å². The van der Waals surface area contributed by atoms with E-state index in [1.54, 1.807) is 6.20 Å². The molecule has 4 bridgehead atoms. The summed E-state index contributed by atoms with van der Waals surface area (Å²) in [6.45, 7) is 1.25. The first-order chi connectivity index (χ1) is 9.67. The van der Waals surface area contributed by atoms with E-state index in [-0.39, 0.29) is 6.54 Å². The molecule has 1 unspecified atom stereocenters. The van der Waals surface area contributed by atoms with E-state index >= 15 is 0 Å². The minimum absolute atomic E-state index is 0.270. The summed E-state index contributed by atoms with van der Waals surface area (Å²) in [6, 6.07) is 1.91. The van der Waals surface area contributed by atoms with Crippen LogP contribution in [0.1, 0.15) is 50.3 Å². The first-order valence-corrected chi connectivity index (χ1v) is 8.07. The maximum absolute atomic E-state index is 10.0. The van der Waals surface area contributed by atoms with Gasteiger partial charge < -0.3 is 10.8 Å². The van der Waals surface area contributed by atoms with E-state index in [1.807, 2.05) is 10.7 Å². The summed E-state index contributed by atoms with van der Waals surface area (Å²) in [6.07, 6.45) is 9.75. The maximum atomic E-state index is 10.0. The van der Waals surface area contributed by atoms with Gasteiger partial charge in [0.15, 0.2) is 0 Å². The second-order valence-corrected chi connectivity index (χ2v) is 7.58. The Kier molecular flexibility index (Phi) is 2.93. The SMILES string of the molecule is NCC(O)c1ccnn1CC12CC3CC(CC(C3)C1)C2. The third-order valence-electron chi connectivity index (χ3n) is 5.96. The van der Waals surface area contributed by atoms with Crippen molar-refractivity contribution >= 4 is 0 Å². The molecule has 4 fully saturated rings. The molecule has 110 valence electrons. The molecule has 4 saturated carbocycles. The third kappa shape index (κ3) is 2.01. The summed E-state index contributed by atoms with van der Waals surface area (Å²) in [5, 5.41) is 14.5. The molecular weight excluding hydrogens is 250 g/mol. The number of hydrogen-bond donors (Lipinski definition) is 2. The maximum Gasteiger partial charge on any atom is 0.108 e. The van der Waals surface area contributed by atoms with Gasteiger partial charge in [-0.15, -0.1) is 0 Å². The monoisotopic (exact) mass is 275 g/mol. The predicted octanol–water partition coefficient (Wildman–Crippen LogP) is 2.09. The van der Waals surface area contributed by atoms with Crippen LogP contribution in [-0.2, 0) is 6.54 Å². The molecule has 20 heavy (non-hydrogen) atoms. The molecule has 0 aliphatic heterocycles. The van der Waals surface area contributed by atoms with Crippen LogP contribution < -0.4 is 5.73 Å². The Balaban J connectivity index is 1.58. The zero-order chi connectivity index (χ0) is 13.7. The highest BCUT2D eigenvalue weighted by Crippen LogP contribution is 2.60.